The summed E-state index contributed by atoms with van der Waals surface area (Å²) < 4.78 is 0. The summed E-state index contributed by atoms with van der Waals surface area (Å²) >= 11 is 0. The fourth-order valence-corrected chi connectivity index (χ4v) is 4.16. The number of rotatable bonds is 7. The molecule has 0 aromatic heterocycles. The molecule has 0 fully saturated rings. The second-order valence-corrected chi connectivity index (χ2v) is 8.38. The zero-order valence-electron chi connectivity index (χ0n) is 21.3. The molecule has 0 aliphatic heterocycles. The molecule has 174 valence electrons. The van der Waals surface area contributed by atoms with Crippen LogP contribution in [0.1, 0.15) is 75.6 Å². The van der Waals surface area contributed by atoms with Crippen molar-refractivity contribution in [3.63, 3.8) is 0 Å². The van der Waals surface area contributed by atoms with Gasteiger partial charge in [0, 0.05) is 0 Å². The summed E-state index contributed by atoms with van der Waals surface area (Å²) in [6.07, 6.45) is 9.06. The van der Waals surface area contributed by atoms with Crippen molar-refractivity contribution in [1.82, 2.24) is 0 Å². The summed E-state index contributed by atoms with van der Waals surface area (Å²) in [4.78, 5) is 0. The maximum absolute atomic E-state index is 3.60. The van der Waals surface area contributed by atoms with Gasteiger partial charge < -0.3 is 13.8 Å². The minimum Gasteiger partial charge on any atom is -0.343 e. The van der Waals surface area contributed by atoms with Crippen molar-refractivity contribution >= 4 is 21.5 Å². The number of benzene rings is 2. The first-order valence-corrected chi connectivity index (χ1v) is 12.6. The average Bonchev–Trinajstić information content (AvgIpc) is 3.40. The smallest absolute Gasteiger partial charge is 0.343 e. The Kier molecular flexibility index (Phi) is 14.5. The summed E-state index contributed by atoms with van der Waals surface area (Å²) in [5, 5.41) is 5.69. The van der Waals surface area contributed by atoms with Crippen molar-refractivity contribution in [3.8, 4) is 0 Å². The normalized spacial score (nSPS) is 10.2. The Bertz CT molecular complexity index is 957. The molecule has 0 bridgehead atoms. The van der Waals surface area contributed by atoms with Crippen molar-refractivity contribution < 1.29 is 25.8 Å². The Balaban J connectivity index is 0.000000529. The maximum Gasteiger partial charge on any atom is 4.00 e. The van der Waals surface area contributed by atoms with Crippen LogP contribution in [0.25, 0.3) is 21.5 Å². The molecule has 0 amide bonds. The first-order valence-electron chi connectivity index (χ1n) is 12.6. The average molecular weight is 605 g/mol. The first-order chi connectivity index (χ1) is 15.6. The van der Waals surface area contributed by atoms with Crippen LogP contribution in [0.15, 0.2) is 60.7 Å². The second kappa shape index (κ2) is 16.2. The van der Waals surface area contributed by atoms with Gasteiger partial charge in [0.15, 0.2) is 0 Å². The van der Waals surface area contributed by atoms with Gasteiger partial charge in [0.1, 0.15) is 0 Å². The second-order valence-electron chi connectivity index (χ2n) is 8.38. The quantitative estimate of drug-likeness (QED) is 0.146. The molecular formula is C32H42Hf. The molecule has 33 heavy (non-hydrogen) atoms. The van der Waals surface area contributed by atoms with Crippen LogP contribution in [0.2, 0.25) is 0 Å². The third-order valence-electron chi connectivity index (χ3n) is 6.10. The van der Waals surface area contributed by atoms with Crippen LogP contribution in [0.3, 0.4) is 0 Å². The molecule has 0 spiro atoms. The Morgan fingerprint density at radius 1 is 0.606 bits per heavy atom. The van der Waals surface area contributed by atoms with Crippen molar-refractivity contribution in [1.29, 1.82) is 0 Å². The van der Waals surface area contributed by atoms with Crippen molar-refractivity contribution in [2.45, 2.75) is 79.1 Å². The van der Waals surface area contributed by atoms with Crippen LogP contribution in [0.4, 0.5) is 0 Å². The van der Waals surface area contributed by atoms with Gasteiger partial charge in [-0.15, -0.1) is 81.2 Å². The molecule has 4 rings (SSSR count). The maximum atomic E-state index is 3.60. The Labute approximate surface area is 222 Å². The summed E-state index contributed by atoms with van der Waals surface area (Å²) in [7, 11) is 0. The third-order valence-corrected chi connectivity index (χ3v) is 6.10. The van der Waals surface area contributed by atoms with E-state index in [2.05, 4.69) is 102 Å². The molecule has 0 atom stereocenters. The molecule has 0 aliphatic rings. The van der Waals surface area contributed by atoms with Gasteiger partial charge in [-0.1, -0.05) is 65.5 Å². The van der Waals surface area contributed by atoms with Gasteiger partial charge in [-0.25, -0.2) is 0 Å². The molecule has 0 unspecified atom stereocenters. The van der Waals surface area contributed by atoms with Gasteiger partial charge in [0.2, 0.25) is 0 Å². The van der Waals surface area contributed by atoms with E-state index < -0.39 is 0 Å². The fraction of sp³-hybridized carbons (Fsp3) is 0.375. The van der Waals surface area contributed by atoms with E-state index in [-0.39, 0.29) is 25.8 Å². The summed E-state index contributed by atoms with van der Waals surface area (Å²) in [5.74, 6) is 0. The topological polar surface area (TPSA) is 0 Å². The van der Waals surface area contributed by atoms with Crippen molar-refractivity contribution in [2.75, 3.05) is 0 Å². The van der Waals surface area contributed by atoms with Gasteiger partial charge in [0.25, 0.3) is 0 Å². The molecule has 0 N–H and O–H groups in total. The van der Waals surface area contributed by atoms with E-state index in [4.69, 9.17) is 0 Å². The molecule has 0 nitrogen and oxygen atoms in total. The van der Waals surface area contributed by atoms with E-state index in [1.807, 2.05) is 0 Å². The van der Waals surface area contributed by atoms with E-state index in [9.17, 15) is 0 Å². The van der Waals surface area contributed by atoms with Gasteiger partial charge in [-0.05, 0) is 12.8 Å². The van der Waals surface area contributed by atoms with Gasteiger partial charge in [0.05, 0.1) is 0 Å². The number of hydrogen-bond acceptors (Lipinski definition) is 0. The fourth-order valence-electron chi connectivity index (χ4n) is 4.16. The third kappa shape index (κ3) is 8.06. The molecule has 0 aliphatic carbocycles. The minimum atomic E-state index is 0. The SMILES string of the molecule is CCc1[cH-]c2ccccc2c1CCc1c(CC)[cH-]c2ccccc12.[CH2-]CCC.[CH2-]CCC.[Hf+4]. The number of unbranched alkanes of at least 4 members (excludes halogenated alkanes) is 2. The van der Waals surface area contributed by atoms with E-state index in [0.717, 1.165) is 38.5 Å². The summed E-state index contributed by atoms with van der Waals surface area (Å²) in [6.45, 7) is 16.0. The van der Waals surface area contributed by atoms with Crippen molar-refractivity contribution in [3.05, 3.63) is 96.8 Å². The molecule has 0 saturated heterocycles. The van der Waals surface area contributed by atoms with Crippen molar-refractivity contribution in [2.24, 2.45) is 0 Å². The molecule has 4 aromatic rings. The van der Waals surface area contributed by atoms with Crippen LogP contribution in [0, 0.1) is 13.8 Å². The van der Waals surface area contributed by atoms with Crippen LogP contribution < -0.4 is 0 Å². The summed E-state index contributed by atoms with van der Waals surface area (Å²) in [5.41, 5.74) is 6.15. The first kappa shape index (κ1) is 29.6. The van der Waals surface area contributed by atoms with Crippen LogP contribution in [-0.4, -0.2) is 0 Å². The van der Waals surface area contributed by atoms with E-state index >= 15 is 0 Å². The monoisotopic (exact) mass is 606 g/mol. The van der Waals surface area contributed by atoms with E-state index in [1.165, 1.54) is 45.5 Å². The molecule has 0 saturated carbocycles. The predicted octanol–water partition coefficient (Wildman–Crippen LogP) is 9.58. The van der Waals surface area contributed by atoms with E-state index in [1.54, 1.807) is 11.1 Å². The Morgan fingerprint density at radius 2 is 0.939 bits per heavy atom. The Hall–Kier alpha value is -1.47. The van der Waals surface area contributed by atoms with Crippen LogP contribution >= 0.6 is 0 Å². The minimum absolute atomic E-state index is 0. The largest absolute Gasteiger partial charge is 4.00 e. The van der Waals surface area contributed by atoms with Crippen LogP contribution in [-0.2, 0) is 51.5 Å². The number of fused-ring (bicyclic) bond motifs is 2. The van der Waals surface area contributed by atoms with Gasteiger partial charge in [-0.3, -0.25) is 0 Å². The summed E-state index contributed by atoms with van der Waals surface area (Å²) in [6, 6.07) is 22.4. The molecule has 0 heterocycles. The predicted molar refractivity (Wildman–Crippen MR) is 146 cm³/mol. The zero-order chi connectivity index (χ0) is 23.3. The standard InChI is InChI=1S/C24H24.2C4H9.Hf/c1-3-17-15-19-9-5-7-11-21(19)23(17)13-14-24-18(4-2)16-20-10-6-8-12-22(20)24;2*1-3-4-2;/h5-12,15-16H,3-4,13-14H2,1-2H3;2*1,3-4H2,2H3;/q-2;2*-1;+4. The molecular weight excluding hydrogens is 563 g/mol. The molecule has 0 radical (unpaired) electrons. The Morgan fingerprint density at radius 3 is 1.24 bits per heavy atom. The molecule has 1 heteroatoms. The van der Waals surface area contributed by atoms with E-state index in [0.29, 0.717) is 0 Å². The van der Waals surface area contributed by atoms with Crippen LogP contribution in [0.5, 0.6) is 0 Å². The van der Waals surface area contributed by atoms with Gasteiger partial charge >= 0.3 is 25.8 Å². The number of hydrogen-bond donors (Lipinski definition) is 0. The zero-order valence-corrected chi connectivity index (χ0v) is 24.9. The number of aryl methyl sites for hydroxylation is 4. The van der Waals surface area contributed by atoms with Gasteiger partial charge in [-0.2, -0.15) is 24.0 Å². The molecule has 4 aromatic carbocycles.